The third-order valence-electron chi connectivity index (χ3n) is 6.58. The summed E-state index contributed by atoms with van der Waals surface area (Å²) in [5, 5.41) is 3.71. The van der Waals surface area contributed by atoms with Gasteiger partial charge in [0.05, 0.1) is 24.1 Å². The van der Waals surface area contributed by atoms with Gasteiger partial charge in [0.1, 0.15) is 11.8 Å². The molecule has 3 rings (SSSR count). The summed E-state index contributed by atoms with van der Waals surface area (Å²) in [5.74, 6) is -0.153. The Morgan fingerprint density at radius 1 is 0.952 bits per heavy atom. The van der Waals surface area contributed by atoms with Crippen LogP contribution in [0.15, 0.2) is 72.8 Å². The van der Waals surface area contributed by atoms with Crippen molar-refractivity contribution in [2.45, 2.75) is 51.7 Å². The molecule has 11 heteroatoms. The van der Waals surface area contributed by atoms with E-state index in [0.29, 0.717) is 28.4 Å². The number of nitrogens with one attached hydrogen (secondary N) is 1. The van der Waals surface area contributed by atoms with Crippen LogP contribution in [0, 0.1) is 0 Å². The lowest BCUT2D eigenvalue weighted by atomic mass is 10.0. The molecule has 0 spiro atoms. The number of carbonyl (C=O) groups is 2. The fraction of sp³-hybridized carbons (Fsp3) is 0.355. The van der Waals surface area contributed by atoms with Crippen LogP contribution in [-0.2, 0) is 32.6 Å². The smallest absolute Gasteiger partial charge is 0.243 e. The predicted octanol–water partition coefficient (Wildman–Crippen LogP) is 5.71. The first-order valence-corrected chi connectivity index (χ1v) is 16.2. The lowest BCUT2D eigenvalue weighted by Crippen LogP contribution is -2.51. The van der Waals surface area contributed by atoms with Crippen molar-refractivity contribution in [3.8, 4) is 5.75 Å². The molecule has 0 aliphatic rings. The maximum absolute atomic E-state index is 13.9. The monoisotopic (exact) mass is 633 g/mol. The fourth-order valence-corrected chi connectivity index (χ4v) is 5.96. The first-order chi connectivity index (χ1) is 19.9. The molecule has 1 N–H and O–H groups in total. The Labute approximate surface area is 258 Å². The maximum Gasteiger partial charge on any atom is 0.243 e. The van der Waals surface area contributed by atoms with Gasteiger partial charge in [-0.2, -0.15) is 0 Å². The van der Waals surface area contributed by atoms with Crippen molar-refractivity contribution in [1.82, 2.24) is 10.2 Å². The zero-order valence-electron chi connectivity index (χ0n) is 24.2. The minimum Gasteiger partial charge on any atom is -0.495 e. The molecule has 0 bridgehead atoms. The number of rotatable bonds is 14. The molecule has 0 radical (unpaired) electrons. The Balaban J connectivity index is 1.89. The minimum absolute atomic E-state index is 0.000603. The van der Waals surface area contributed by atoms with Crippen molar-refractivity contribution < 1.29 is 22.7 Å². The van der Waals surface area contributed by atoms with Crippen molar-refractivity contribution in [3.63, 3.8) is 0 Å². The van der Waals surface area contributed by atoms with Gasteiger partial charge in [0, 0.05) is 37.0 Å². The third kappa shape index (κ3) is 9.37. The lowest BCUT2D eigenvalue weighted by Gasteiger charge is -2.32. The van der Waals surface area contributed by atoms with Gasteiger partial charge in [-0.15, -0.1) is 0 Å². The summed E-state index contributed by atoms with van der Waals surface area (Å²) in [6.45, 7) is 3.88. The van der Waals surface area contributed by atoms with Crippen molar-refractivity contribution in [1.29, 1.82) is 0 Å². The predicted molar refractivity (Wildman–Crippen MR) is 169 cm³/mol. The molecule has 2 amide bonds. The highest BCUT2D eigenvalue weighted by Gasteiger charge is 2.31. The Hall–Kier alpha value is -3.27. The Kier molecular flexibility index (Phi) is 12.1. The van der Waals surface area contributed by atoms with E-state index in [-0.39, 0.29) is 48.8 Å². The molecule has 1 atom stereocenters. The van der Waals surface area contributed by atoms with Gasteiger partial charge in [-0.05, 0) is 55.7 Å². The van der Waals surface area contributed by atoms with E-state index < -0.39 is 16.1 Å². The van der Waals surface area contributed by atoms with E-state index in [2.05, 4.69) is 5.32 Å². The van der Waals surface area contributed by atoms with Crippen LogP contribution in [0.25, 0.3) is 0 Å². The van der Waals surface area contributed by atoms with Gasteiger partial charge in [-0.1, -0.05) is 71.7 Å². The fourth-order valence-electron chi connectivity index (χ4n) is 4.56. The number of benzene rings is 3. The van der Waals surface area contributed by atoms with Crippen LogP contribution in [-0.4, -0.2) is 57.1 Å². The van der Waals surface area contributed by atoms with E-state index in [4.69, 9.17) is 27.9 Å². The van der Waals surface area contributed by atoms with E-state index >= 15 is 0 Å². The molecule has 0 aliphatic carbocycles. The first kappa shape index (κ1) is 33.2. The van der Waals surface area contributed by atoms with Gasteiger partial charge in [-0.3, -0.25) is 13.9 Å². The van der Waals surface area contributed by atoms with Crippen molar-refractivity contribution in [2.75, 3.05) is 24.2 Å². The molecule has 0 saturated heterocycles. The van der Waals surface area contributed by atoms with E-state index in [9.17, 15) is 18.0 Å². The molecule has 8 nitrogen and oxygen atoms in total. The van der Waals surface area contributed by atoms with Crippen LogP contribution in [0.5, 0.6) is 5.75 Å². The molecular weight excluding hydrogens is 597 g/mol. The molecule has 0 saturated carbocycles. The third-order valence-corrected chi connectivity index (χ3v) is 8.43. The largest absolute Gasteiger partial charge is 0.495 e. The van der Waals surface area contributed by atoms with E-state index in [0.717, 1.165) is 11.8 Å². The molecule has 226 valence electrons. The van der Waals surface area contributed by atoms with Crippen LogP contribution >= 0.6 is 23.2 Å². The number of amides is 2. The molecule has 42 heavy (non-hydrogen) atoms. The standard InChI is InChI=1S/C31H37Cl2N3O5S/c1-22(2)34-31(38)28(19-23-11-6-5-7-12-23)35(21-24-13-8-9-14-26(24)32)30(37)15-10-18-36(42(4,39)40)25-16-17-29(41-3)27(33)20-25/h5-9,11-14,16-17,20,22,28H,10,15,18-19,21H2,1-4H3,(H,34,38). The quantitative estimate of drug-likeness (QED) is 0.245. The zero-order valence-corrected chi connectivity index (χ0v) is 26.5. The zero-order chi connectivity index (χ0) is 30.9. The number of nitrogens with zero attached hydrogens (tertiary/aromatic N) is 2. The highest BCUT2D eigenvalue weighted by molar-refractivity contribution is 7.92. The second-order valence-corrected chi connectivity index (χ2v) is 13.0. The molecule has 0 aliphatic heterocycles. The van der Waals surface area contributed by atoms with E-state index in [1.54, 1.807) is 29.2 Å². The molecular formula is C31H37Cl2N3O5S. The maximum atomic E-state index is 13.9. The van der Waals surface area contributed by atoms with E-state index in [1.165, 1.54) is 17.5 Å². The van der Waals surface area contributed by atoms with Gasteiger partial charge in [-0.25, -0.2) is 8.42 Å². The first-order valence-electron chi connectivity index (χ1n) is 13.6. The second-order valence-electron chi connectivity index (χ2n) is 10.2. The van der Waals surface area contributed by atoms with Crippen LogP contribution in [0.4, 0.5) is 5.69 Å². The normalized spacial score (nSPS) is 12.1. The summed E-state index contributed by atoms with van der Waals surface area (Å²) < 4.78 is 31.7. The summed E-state index contributed by atoms with van der Waals surface area (Å²) in [4.78, 5) is 28.9. The van der Waals surface area contributed by atoms with Crippen molar-refractivity contribution >= 4 is 50.7 Å². The number of ether oxygens (including phenoxy) is 1. The second kappa shape index (κ2) is 15.3. The Bertz CT molecular complexity index is 1470. The van der Waals surface area contributed by atoms with Crippen LogP contribution in [0.1, 0.15) is 37.8 Å². The molecule has 0 heterocycles. The van der Waals surface area contributed by atoms with Gasteiger partial charge < -0.3 is 15.0 Å². The van der Waals surface area contributed by atoms with E-state index in [1.807, 2.05) is 56.3 Å². The van der Waals surface area contributed by atoms with Crippen LogP contribution in [0.3, 0.4) is 0 Å². The number of methoxy groups -OCH3 is 1. The van der Waals surface area contributed by atoms with Gasteiger partial charge in [0.15, 0.2) is 0 Å². The van der Waals surface area contributed by atoms with Crippen molar-refractivity contribution in [2.24, 2.45) is 0 Å². The summed E-state index contributed by atoms with van der Waals surface area (Å²) in [5.41, 5.74) is 1.97. The highest BCUT2D eigenvalue weighted by Crippen LogP contribution is 2.30. The number of hydrogen-bond acceptors (Lipinski definition) is 5. The molecule has 0 aromatic heterocycles. The van der Waals surface area contributed by atoms with Gasteiger partial charge in [0.25, 0.3) is 0 Å². The summed E-state index contributed by atoms with van der Waals surface area (Å²) in [6.07, 6.45) is 1.61. The lowest BCUT2D eigenvalue weighted by molar-refractivity contribution is -0.141. The summed E-state index contributed by atoms with van der Waals surface area (Å²) in [6, 6.07) is 20.4. The number of halogens is 2. The summed E-state index contributed by atoms with van der Waals surface area (Å²) in [7, 11) is -2.21. The minimum atomic E-state index is -3.68. The van der Waals surface area contributed by atoms with Crippen LogP contribution in [0.2, 0.25) is 10.0 Å². The topological polar surface area (TPSA) is 96.0 Å². The molecule has 0 fully saturated rings. The SMILES string of the molecule is COc1ccc(N(CCCC(=O)N(Cc2ccccc2Cl)C(Cc2ccccc2)C(=O)NC(C)C)S(C)(=O)=O)cc1Cl. The highest BCUT2D eigenvalue weighted by atomic mass is 35.5. The van der Waals surface area contributed by atoms with Gasteiger partial charge in [0.2, 0.25) is 21.8 Å². The Morgan fingerprint density at radius 2 is 1.62 bits per heavy atom. The molecule has 3 aromatic carbocycles. The molecule has 3 aromatic rings. The average molecular weight is 635 g/mol. The number of carbonyl (C=O) groups excluding carboxylic acids is 2. The number of anilines is 1. The van der Waals surface area contributed by atoms with Crippen molar-refractivity contribution in [3.05, 3.63) is 94.0 Å². The van der Waals surface area contributed by atoms with Gasteiger partial charge >= 0.3 is 0 Å². The van der Waals surface area contributed by atoms with Crippen LogP contribution < -0.4 is 14.4 Å². The number of hydrogen-bond donors (Lipinski definition) is 1. The molecule has 1 unspecified atom stereocenters. The average Bonchev–Trinajstić information content (AvgIpc) is 2.93. The Morgan fingerprint density at radius 3 is 2.21 bits per heavy atom. The number of sulfonamides is 1. The summed E-state index contributed by atoms with van der Waals surface area (Å²) >= 11 is 12.7.